The fourth-order valence-electron chi connectivity index (χ4n) is 1.92. The zero-order chi connectivity index (χ0) is 14.5. The molecule has 0 aromatic rings. The van der Waals surface area contributed by atoms with Crippen LogP contribution in [0.4, 0.5) is 13.2 Å². The van der Waals surface area contributed by atoms with Gasteiger partial charge in [-0.05, 0) is 12.8 Å². The molecule has 0 aliphatic carbocycles. The van der Waals surface area contributed by atoms with E-state index in [0.717, 1.165) is 0 Å². The highest BCUT2D eigenvalue weighted by atomic mass is 32.1. The molecule has 1 amide bonds. The van der Waals surface area contributed by atoms with Gasteiger partial charge < -0.3 is 15.4 Å². The Bertz CT molecular complexity index is 328. The van der Waals surface area contributed by atoms with Gasteiger partial charge in [0.2, 0.25) is 5.91 Å². The smallest absolute Gasteiger partial charge is 0.393 e. The molecule has 19 heavy (non-hydrogen) atoms. The molecule has 1 saturated heterocycles. The zero-order valence-corrected chi connectivity index (χ0v) is 11.2. The topological polar surface area (TPSA) is 55.6 Å². The molecular weight excluding hydrogens is 281 g/mol. The minimum atomic E-state index is -4.35. The molecule has 2 N–H and O–H groups in total. The summed E-state index contributed by atoms with van der Waals surface area (Å²) in [6.45, 7) is -0.447. The number of alkyl halides is 3. The molecule has 1 fully saturated rings. The predicted octanol–water partition coefficient (Wildman–Crippen LogP) is 1.48. The van der Waals surface area contributed by atoms with Crippen LogP contribution in [0.2, 0.25) is 0 Å². The number of halogens is 3. The monoisotopic (exact) mass is 298 g/mol. The van der Waals surface area contributed by atoms with Crippen molar-refractivity contribution < 1.29 is 22.7 Å². The van der Waals surface area contributed by atoms with E-state index in [1.165, 1.54) is 0 Å². The van der Waals surface area contributed by atoms with Crippen molar-refractivity contribution in [1.82, 2.24) is 4.90 Å². The van der Waals surface area contributed by atoms with Crippen molar-refractivity contribution in [3.63, 3.8) is 0 Å². The number of piperidine rings is 1. The minimum absolute atomic E-state index is 0.0339. The van der Waals surface area contributed by atoms with E-state index in [0.29, 0.717) is 30.9 Å². The SMILES string of the molecule is NC(=S)C1CCN(C(=O)CCOCC(F)(F)F)CC1. The van der Waals surface area contributed by atoms with Crippen molar-refractivity contribution in [3.8, 4) is 0 Å². The Morgan fingerprint density at radius 1 is 1.37 bits per heavy atom. The van der Waals surface area contributed by atoms with Gasteiger partial charge in [-0.1, -0.05) is 12.2 Å². The summed E-state index contributed by atoms with van der Waals surface area (Å²) in [4.78, 5) is 13.8. The maximum absolute atomic E-state index is 11.8. The van der Waals surface area contributed by atoms with E-state index in [-0.39, 0.29) is 24.9 Å². The van der Waals surface area contributed by atoms with Gasteiger partial charge in [0.25, 0.3) is 0 Å². The van der Waals surface area contributed by atoms with Crippen LogP contribution in [-0.4, -0.2) is 48.3 Å². The van der Waals surface area contributed by atoms with Crippen molar-refractivity contribution in [3.05, 3.63) is 0 Å². The average molecular weight is 298 g/mol. The maximum Gasteiger partial charge on any atom is 0.411 e. The second-order valence-electron chi connectivity index (χ2n) is 4.48. The third-order valence-corrected chi connectivity index (χ3v) is 3.31. The summed E-state index contributed by atoms with van der Waals surface area (Å²) >= 11 is 4.89. The highest BCUT2D eigenvalue weighted by Gasteiger charge is 2.28. The Morgan fingerprint density at radius 3 is 2.42 bits per heavy atom. The van der Waals surface area contributed by atoms with Gasteiger partial charge in [-0.25, -0.2) is 0 Å². The first kappa shape index (κ1) is 16.2. The second kappa shape index (κ2) is 7.04. The molecule has 0 spiro atoms. The molecular formula is C11H17F3N2O2S. The van der Waals surface area contributed by atoms with E-state index < -0.39 is 12.8 Å². The lowest BCUT2D eigenvalue weighted by molar-refractivity contribution is -0.175. The highest BCUT2D eigenvalue weighted by molar-refractivity contribution is 7.80. The number of carbonyl (C=O) groups excluding carboxylic acids is 1. The van der Waals surface area contributed by atoms with E-state index in [4.69, 9.17) is 18.0 Å². The van der Waals surface area contributed by atoms with E-state index in [2.05, 4.69) is 4.74 Å². The van der Waals surface area contributed by atoms with Crippen molar-refractivity contribution in [1.29, 1.82) is 0 Å². The highest BCUT2D eigenvalue weighted by Crippen LogP contribution is 2.18. The van der Waals surface area contributed by atoms with Crippen LogP contribution < -0.4 is 5.73 Å². The molecule has 0 saturated carbocycles. The van der Waals surface area contributed by atoms with Crippen molar-refractivity contribution in [2.45, 2.75) is 25.4 Å². The molecule has 0 radical (unpaired) electrons. The summed E-state index contributed by atoms with van der Waals surface area (Å²) < 4.78 is 39.8. The number of nitrogens with two attached hydrogens (primary N) is 1. The Labute approximate surface area is 115 Å². The molecule has 1 aliphatic rings. The second-order valence-corrected chi connectivity index (χ2v) is 4.95. The zero-order valence-electron chi connectivity index (χ0n) is 10.4. The molecule has 0 bridgehead atoms. The van der Waals surface area contributed by atoms with E-state index >= 15 is 0 Å². The van der Waals surface area contributed by atoms with Gasteiger partial charge in [-0.3, -0.25) is 4.79 Å². The van der Waals surface area contributed by atoms with Crippen LogP contribution in [0.1, 0.15) is 19.3 Å². The van der Waals surface area contributed by atoms with Crippen LogP contribution in [0.25, 0.3) is 0 Å². The summed E-state index contributed by atoms with van der Waals surface area (Å²) in [6.07, 6.45) is -2.96. The van der Waals surface area contributed by atoms with Gasteiger partial charge in [0, 0.05) is 19.0 Å². The van der Waals surface area contributed by atoms with Crippen LogP contribution in [-0.2, 0) is 9.53 Å². The molecule has 0 aromatic carbocycles. The Kier molecular flexibility index (Phi) is 5.99. The van der Waals surface area contributed by atoms with Gasteiger partial charge in [0.05, 0.1) is 18.0 Å². The van der Waals surface area contributed by atoms with Crippen LogP contribution in [0.5, 0.6) is 0 Å². The molecule has 0 atom stereocenters. The van der Waals surface area contributed by atoms with Crippen LogP contribution in [0.15, 0.2) is 0 Å². The number of rotatable bonds is 5. The van der Waals surface area contributed by atoms with E-state index in [1.807, 2.05) is 0 Å². The predicted molar refractivity (Wildman–Crippen MR) is 67.6 cm³/mol. The standard InChI is InChI=1S/C11H17F3N2O2S/c12-11(13,14)7-18-6-3-9(17)16-4-1-8(2-5-16)10(15)19/h8H,1-7H2,(H2,15,19). The number of hydrogen-bond donors (Lipinski definition) is 1. The fraction of sp³-hybridized carbons (Fsp3) is 0.818. The lowest BCUT2D eigenvalue weighted by Crippen LogP contribution is -2.41. The average Bonchev–Trinajstić information content (AvgIpc) is 2.33. The van der Waals surface area contributed by atoms with Gasteiger partial charge in [-0.2, -0.15) is 13.2 Å². The molecule has 1 rings (SSSR count). The van der Waals surface area contributed by atoms with E-state index in [9.17, 15) is 18.0 Å². The van der Waals surface area contributed by atoms with Crippen LogP contribution >= 0.6 is 12.2 Å². The summed E-state index contributed by atoms with van der Waals surface area (Å²) in [6, 6.07) is 0. The van der Waals surface area contributed by atoms with Crippen LogP contribution in [0.3, 0.4) is 0 Å². The van der Waals surface area contributed by atoms with Gasteiger partial charge >= 0.3 is 6.18 Å². The third kappa shape index (κ3) is 6.20. The first-order valence-electron chi connectivity index (χ1n) is 6.01. The molecule has 8 heteroatoms. The van der Waals surface area contributed by atoms with Crippen molar-refractivity contribution in [2.75, 3.05) is 26.3 Å². The first-order chi connectivity index (χ1) is 8.79. The summed E-state index contributed by atoms with van der Waals surface area (Å²) in [5.41, 5.74) is 5.53. The molecule has 110 valence electrons. The number of carbonyl (C=O) groups is 1. The number of thiocarbonyl (C=S) groups is 1. The largest absolute Gasteiger partial charge is 0.411 e. The number of amides is 1. The summed E-state index contributed by atoms with van der Waals surface area (Å²) in [5.74, 6) is -0.0379. The number of likely N-dealkylation sites (tertiary alicyclic amines) is 1. The number of nitrogens with zero attached hydrogens (tertiary/aromatic N) is 1. The summed E-state index contributed by atoms with van der Waals surface area (Å²) in [5, 5.41) is 0. The lowest BCUT2D eigenvalue weighted by atomic mass is 9.97. The third-order valence-electron chi connectivity index (χ3n) is 2.98. The van der Waals surface area contributed by atoms with Gasteiger partial charge in [0.1, 0.15) is 6.61 Å². The number of ether oxygens (including phenoxy) is 1. The quantitative estimate of drug-likeness (QED) is 0.617. The Balaban J connectivity index is 2.19. The summed E-state index contributed by atoms with van der Waals surface area (Å²) in [7, 11) is 0. The lowest BCUT2D eigenvalue weighted by Gasteiger charge is -2.31. The molecule has 1 heterocycles. The Morgan fingerprint density at radius 2 is 1.95 bits per heavy atom. The van der Waals surface area contributed by atoms with Crippen molar-refractivity contribution in [2.24, 2.45) is 11.7 Å². The normalized spacial score (nSPS) is 17.5. The first-order valence-corrected chi connectivity index (χ1v) is 6.42. The van der Waals surface area contributed by atoms with Gasteiger partial charge in [0.15, 0.2) is 0 Å². The Hall–Kier alpha value is -0.890. The maximum atomic E-state index is 11.8. The molecule has 4 nitrogen and oxygen atoms in total. The van der Waals surface area contributed by atoms with Crippen molar-refractivity contribution >= 4 is 23.1 Å². The molecule has 0 unspecified atom stereocenters. The van der Waals surface area contributed by atoms with Crippen LogP contribution in [0, 0.1) is 5.92 Å². The fourth-order valence-corrected chi connectivity index (χ4v) is 2.15. The van der Waals surface area contributed by atoms with E-state index in [1.54, 1.807) is 4.90 Å². The minimum Gasteiger partial charge on any atom is -0.393 e. The molecule has 1 aliphatic heterocycles. The molecule has 0 aromatic heterocycles. The van der Waals surface area contributed by atoms with Gasteiger partial charge in [-0.15, -0.1) is 0 Å². The number of hydrogen-bond acceptors (Lipinski definition) is 3.